The number of benzene rings is 1. The Morgan fingerprint density at radius 2 is 2.08 bits per heavy atom. The predicted molar refractivity (Wildman–Crippen MR) is 98.9 cm³/mol. The van der Waals surface area contributed by atoms with Crippen LogP contribution in [0, 0.1) is 6.92 Å². The Balaban J connectivity index is 1.77. The van der Waals surface area contributed by atoms with E-state index < -0.39 is 0 Å². The van der Waals surface area contributed by atoms with Crippen LogP contribution in [0.1, 0.15) is 20.8 Å². The van der Waals surface area contributed by atoms with Crippen LogP contribution >= 0.6 is 11.3 Å². The van der Waals surface area contributed by atoms with Crippen molar-refractivity contribution in [3.8, 4) is 0 Å². The van der Waals surface area contributed by atoms with Gasteiger partial charge in [-0.3, -0.25) is 9.79 Å². The van der Waals surface area contributed by atoms with Gasteiger partial charge in [0.1, 0.15) is 10.8 Å². The molecule has 0 unspecified atom stereocenters. The minimum absolute atomic E-state index is 0.0542. The van der Waals surface area contributed by atoms with Gasteiger partial charge in [-0.2, -0.15) is 0 Å². The van der Waals surface area contributed by atoms with Crippen LogP contribution in [0.25, 0.3) is 0 Å². The first-order valence-corrected chi connectivity index (χ1v) is 8.50. The van der Waals surface area contributed by atoms with E-state index in [1.54, 1.807) is 24.1 Å². The van der Waals surface area contributed by atoms with Gasteiger partial charge in [-0.15, -0.1) is 11.3 Å². The number of carbonyl (C=O) groups excluding carboxylic acids is 1. The van der Waals surface area contributed by atoms with Crippen LogP contribution < -0.4 is 10.6 Å². The molecule has 0 spiro atoms. The maximum absolute atomic E-state index is 13.1. The average molecular weight is 339 g/mol. The molecule has 7 heteroatoms. The molecule has 2 aliphatic heterocycles. The first kappa shape index (κ1) is 14.9. The van der Waals surface area contributed by atoms with E-state index in [0.29, 0.717) is 11.3 Å². The van der Waals surface area contributed by atoms with Crippen molar-refractivity contribution >= 4 is 45.8 Å². The number of carbonyl (C=O) groups is 1. The molecule has 4 rings (SSSR count). The van der Waals surface area contributed by atoms with Crippen LogP contribution in [0.3, 0.4) is 0 Å². The van der Waals surface area contributed by atoms with Crippen molar-refractivity contribution in [1.29, 1.82) is 0 Å². The quantitative estimate of drug-likeness (QED) is 0.855. The zero-order chi connectivity index (χ0) is 16.8. The van der Waals surface area contributed by atoms with Gasteiger partial charge < -0.3 is 15.5 Å². The standard InChI is InChI=1S/C17H17N5OS/c1-10-13(17(23)21(2)12-5-3-11(18)4-6-12)14-15-19-7-8-22(15)9-20-16(14)24-10/h3-6,9H,7-8,18H2,1-2H3. The second-order valence-corrected chi connectivity index (χ2v) is 7.02. The van der Waals surface area contributed by atoms with Crippen LogP contribution in [-0.2, 0) is 0 Å². The molecule has 3 heterocycles. The van der Waals surface area contributed by atoms with E-state index in [1.807, 2.05) is 30.3 Å². The Hall–Kier alpha value is -2.67. The van der Waals surface area contributed by atoms with Gasteiger partial charge in [0, 0.05) is 29.8 Å². The Morgan fingerprint density at radius 1 is 1.33 bits per heavy atom. The summed E-state index contributed by atoms with van der Waals surface area (Å²) in [5.74, 6) is 0.805. The second kappa shape index (κ2) is 5.45. The lowest BCUT2D eigenvalue weighted by Crippen LogP contribution is -2.33. The molecule has 2 N–H and O–H groups in total. The van der Waals surface area contributed by atoms with Gasteiger partial charge in [0.25, 0.3) is 5.91 Å². The number of anilines is 2. The lowest BCUT2D eigenvalue weighted by Gasteiger charge is -2.22. The number of thiophene rings is 1. The Bertz CT molecular complexity index is 881. The summed E-state index contributed by atoms with van der Waals surface area (Å²) in [4.78, 5) is 26.8. The highest BCUT2D eigenvalue weighted by Crippen LogP contribution is 2.39. The van der Waals surface area contributed by atoms with E-state index in [2.05, 4.69) is 9.98 Å². The number of hydrogen-bond donors (Lipinski definition) is 1. The fourth-order valence-electron chi connectivity index (χ4n) is 2.99. The number of nitrogens with two attached hydrogens (primary N) is 1. The number of nitrogen functional groups attached to an aromatic ring is 1. The van der Waals surface area contributed by atoms with E-state index in [1.165, 1.54) is 11.3 Å². The number of nitrogens with zero attached hydrogens (tertiary/aromatic N) is 4. The van der Waals surface area contributed by atoms with E-state index in [9.17, 15) is 4.79 Å². The molecule has 122 valence electrons. The molecule has 0 fully saturated rings. The molecular weight excluding hydrogens is 322 g/mol. The lowest BCUT2D eigenvalue weighted by molar-refractivity contribution is 0.0992. The number of amidine groups is 1. The SMILES string of the molecule is Cc1sc2c(c1C(=O)N(C)c1ccc(N)cc1)C1=NCCN1C=N2. The summed E-state index contributed by atoms with van der Waals surface area (Å²) < 4.78 is 0. The predicted octanol–water partition coefficient (Wildman–Crippen LogP) is 2.65. The average Bonchev–Trinajstić information content (AvgIpc) is 3.17. The third-order valence-corrected chi connectivity index (χ3v) is 5.29. The third kappa shape index (κ3) is 2.20. The van der Waals surface area contributed by atoms with Crippen molar-refractivity contribution in [1.82, 2.24) is 4.90 Å². The van der Waals surface area contributed by atoms with Gasteiger partial charge in [0.2, 0.25) is 0 Å². The van der Waals surface area contributed by atoms with E-state index in [0.717, 1.165) is 40.1 Å². The number of aliphatic imine (C=N–C) groups is 2. The fourth-order valence-corrected chi connectivity index (χ4v) is 3.96. The van der Waals surface area contributed by atoms with Crippen LogP contribution in [-0.4, -0.2) is 43.1 Å². The largest absolute Gasteiger partial charge is 0.399 e. The van der Waals surface area contributed by atoms with Crippen molar-refractivity contribution < 1.29 is 4.79 Å². The number of aryl methyl sites for hydroxylation is 1. The van der Waals surface area contributed by atoms with Crippen LogP contribution in [0.5, 0.6) is 0 Å². The first-order chi connectivity index (χ1) is 11.6. The maximum atomic E-state index is 13.1. The maximum Gasteiger partial charge on any atom is 0.259 e. The van der Waals surface area contributed by atoms with Crippen molar-refractivity contribution in [2.45, 2.75) is 6.92 Å². The van der Waals surface area contributed by atoms with E-state index >= 15 is 0 Å². The van der Waals surface area contributed by atoms with E-state index in [-0.39, 0.29) is 5.91 Å². The minimum atomic E-state index is -0.0542. The molecule has 0 radical (unpaired) electrons. The molecule has 0 bridgehead atoms. The molecule has 0 saturated heterocycles. The molecule has 6 nitrogen and oxygen atoms in total. The summed E-state index contributed by atoms with van der Waals surface area (Å²) >= 11 is 1.54. The van der Waals surface area contributed by atoms with Crippen molar-refractivity contribution in [3.05, 3.63) is 40.3 Å². The molecule has 24 heavy (non-hydrogen) atoms. The van der Waals surface area contributed by atoms with Gasteiger partial charge in [0.05, 0.1) is 24.0 Å². The summed E-state index contributed by atoms with van der Waals surface area (Å²) in [6.45, 7) is 3.51. The fraction of sp³-hybridized carbons (Fsp3) is 0.235. The van der Waals surface area contributed by atoms with Crippen molar-refractivity contribution in [3.63, 3.8) is 0 Å². The number of rotatable bonds is 2. The zero-order valence-corrected chi connectivity index (χ0v) is 14.3. The normalized spacial score (nSPS) is 15.1. The Kier molecular flexibility index (Phi) is 3.38. The van der Waals surface area contributed by atoms with Crippen LogP contribution in [0.15, 0.2) is 34.3 Å². The van der Waals surface area contributed by atoms with E-state index in [4.69, 9.17) is 5.73 Å². The van der Waals surface area contributed by atoms with Gasteiger partial charge in [-0.25, -0.2) is 4.99 Å². The Morgan fingerprint density at radius 3 is 2.83 bits per heavy atom. The molecule has 0 saturated carbocycles. The van der Waals surface area contributed by atoms with Gasteiger partial charge >= 0.3 is 0 Å². The minimum Gasteiger partial charge on any atom is -0.399 e. The number of amides is 1. The van der Waals surface area contributed by atoms with Crippen LogP contribution in [0.2, 0.25) is 0 Å². The van der Waals surface area contributed by atoms with Gasteiger partial charge in [-0.1, -0.05) is 0 Å². The molecule has 1 amide bonds. The molecule has 1 aromatic heterocycles. The zero-order valence-electron chi connectivity index (χ0n) is 13.5. The molecule has 2 aromatic rings. The molecule has 1 aromatic carbocycles. The summed E-state index contributed by atoms with van der Waals surface area (Å²) in [6.07, 6.45) is 1.81. The molecule has 0 atom stereocenters. The summed E-state index contributed by atoms with van der Waals surface area (Å²) in [7, 11) is 1.78. The molecular formula is C17H17N5OS. The number of fused-ring (bicyclic) bond motifs is 3. The van der Waals surface area contributed by atoms with Crippen LogP contribution in [0.4, 0.5) is 16.4 Å². The smallest absolute Gasteiger partial charge is 0.259 e. The highest BCUT2D eigenvalue weighted by atomic mass is 32.1. The van der Waals surface area contributed by atoms with Gasteiger partial charge in [-0.05, 0) is 31.2 Å². The van der Waals surface area contributed by atoms with Crippen molar-refractivity contribution in [2.75, 3.05) is 30.8 Å². The first-order valence-electron chi connectivity index (χ1n) is 7.69. The lowest BCUT2D eigenvalue weighted by atomic mass is 10.1. The summed E-state index contributed by atoms with van der Waals surface area (Å²) in [5.41, 5.74) is 8.77. The van der Waals surface area contributed by atoms with Gasteiger partial charge in [0.15, 0.2) is 0 Å². The number of hydrogen-bond acceptors (Lipinski definition) is 6. The topological polar surface area (TPSA) is 74.3 Å². The molecule has 0 aliphatic carbocycles. The highest BCUT2D eigenvalue weighted by Gasteiger charge is 2.33. The summed E-state index contributed by atoms with van der Waals surface area (Å²) in [6, 6.07) is 7.28. The third-order valence-electron chi connectivity index (χ3n) is 4.28. The highest BCUT2D eigenvalue weighted by molar-refractivity contribution is 7.16. The van der Waals surface area contributed by atoms with Crippen molar-refractivity contribution in [2.24, 2.45) is 9.98 Å². The Labute approximate surface area is 143 Å². The summed E-state index contributed by atoms with van der Waals surface area (Å²) in [5, 5.41) is 0.860. The molecule has 2 aliphatic rings. The second-order valence-electron chi connectivity index (χ2n) is 5.81. The monoisotopic (exact) mass is 339 g/mol.